The summed E-state index contributed by atoms with van der Waals surface area (Å²) >= 11 is 1.70. The zero-order chi connectivity index (χ0) is 11.2. The molecule has 2 nitrogen and oxygen atoms in total. The Bertz CT molecular complexity index is 480. The van der Waals surface area contributed by atoms with Crippen molar-refractivity contribution in [3.63, 3.8) is 0 Å². The maximum Gasteiger partial charge on any atom is 0.0765 e. The molecule has 0 spiro atoms. The Morgan fingerprint density at radius 1 is 1.19 bits per heavy atom. The molecule has 0 atom stereocenters. The molecule has 16 heavy (non-hydrogen) atoms. The number of para-hydroxylation sites is 1. The van der Waals surface area contributed by atoms with Gasteiger partial charge in [0.25, 0.3) is 0 Å². The number of hydrogen-bond acceptors (Lipinski definition) is 3. The summed E-state index contributed by atoms with van der Waals surface area (Å²) in [7, 11) is 0. The summed E-state index contributed by atoms with van der Waals surface area (Å²) in [6.45, 7) is 0. The van der Waals surface area contributed by atoms with Crippen LogP contribution in [0, 0.1) is 0 Å². The number of benzene rings is 1. The van der Waals surface area contributed by atoms with Gasteiger partial charge < -0.3 is 0 Å². The molecule has 0 fully saturated rings. The first-order valence-electron chi connectivity index (χ1n) is 4.97. The molecule has 0 unspecified atom stereocenters. The molecule has 0 saturated carbocycles. The van der Waals surface area contributed by atoms with E-state index in [9.17, 15) is 0 Å². The minimum Gasteiger partial charge on any atom is -0.264 e. The molecule has 0 aliphatic heterocycles. The smallest absolute Gasteiger partial charge is 0.0765 e. The maximum absolute atomic E-state index is 4.46. The molecule has 0 aliphatic carbocycles. The van der Waals surface area contributed by atoms with E-state index in [0.717, 1.165) is 11.3 Å². The molecule has 0 saturated heterocycles. The SMILES string of the molecule is CSc1ccccc1N=Cc1cccnc1. The van der Waals surface area contributed by atoms with Crippen LogP contribution in [0.15, 0.2) is 58.7 Å². The number of hydrogen-bond donors (Lipinski definition) is 0. The molecule has 0 bridgehead atoms. The number of rotatable bonds is 3. The van der Waals surface area contributed by atoms with Crippen LogP contribution in [0.5, 0.6) is 0 Å². The summed E-state index contributed by atoms with van der Waals surface area (Å²) in [5, 5.41) is 0. The third-order valence-electron chi connectivity index (χ3n) is 2.12. The van der Waals surface area contributed by atoms with Gasteiger partial charge in [0.1, 0.15) is 0 Å². The van der Waals surface area contributed by atoms with Crippen LogP contribution in [-0.2, 0) is 0 Å². The van der Waals surface area contributed by atoms with Crippen molar-refractivity contribution in [2.24, 2.45) is 4.99 Å². The molecule has 0 aliphatic rings. The van der Waals surface area contributed by atoms with Gasteiger partial charge in [-0.2, -0.15) is 0 Å². The van der Waals surface area contributed by atoms with E-state index >= 15 is 0 Å². The second-order valence-electron chi connectivity index (χ2n) is 3.22. The predicted molar refractivity (Wildman–Crippen MR) is 69.7 cm³/mol. The normalized spacial score (nSPS) is 10.8. The van der Waals surface area contributed by atoms with Crippen LogP contribution in [0.1, 0.15) is 5.56 Å². The first-order valence-corrected chi connectivity index (χ1v) is 6.20. The van der Waals surface area contributed by atoms with Crippen LogP contribution in [-0.4, -0.2) is 17.5 Å². The van der Waals surface area contributed by atoms with E-state index in [2.05, 4.69) is 22.3 Å². The molecule has 1 aromatic heterocycles. The highest BCUT2D eigenvalue weighted by molar-refractivity contribution is 7.98. The molecule has 0 amide bonds. The number of nitrogens with zero attached hydrogens (tertiary/aromatic N) is 2. The van der Waals surface area contributed by atoms with Crippen molar-refractivity contribution < 1.29 is 0 Å². The van der Waals surface area contributed by atoms with Gasteiger partial charge in [0, 0.05) is 29.1 Å². The van der Waals surface area contributed by atoms with Gasteiger partial charge >= 0.3 is 0 Å². The van der Waals surface area contributed by atoms with Crippen molar-refractivity contribution in [3.05, 3.63) is 54.4 Å². The largest absolute Gasteiger partial charge is 0.264 e. The zero-order valence-electron chi connectivity index (χ0n) is 9.00. The zero-order valence-corrected chi connectivity index (χ0v) is 9.82. The molecule has 0 N–H and O–H groups in total. The summed E-state index contributed by atoms with van der Waals surface area (Å²) < 4.78 is 0. The van der Waals surface area contributed by atoms with E-state index in [-0.39, 0.29) is 0 Å². The molecule has 2 rings (SSSR count). The average molecular weight is 228 g/mol. The first kappa shape index (κ1) is 10.9. The lowest BCUT2D eigenvalue weighted by atomic mass is 10.3. The van der Waals surface area contributed by atoms with Gasteiger partial charge in [-0.3, -0.25) is 9.98 Å². The molecule has 0 radical (unpaired) electrons. The van der Waals surface area contributed by atoms with Gasteiger partial charge in [0.2, 0.25) is 0 Å². The minimum absolute atomic E-state index is 0.999. The van der Waals surface area contributed by atoms with Crippen LogP contribution >= 0.6 is 11.8 Å². The number of pyridine rings is 1. The Labute approximate surface area is 99.5 Å². The van der Waals surface area contributed by atoms with Gasteiger partial charge in [-0.05, 0) is 24.5 Å². The van der Waals surface area contributed by atoms with E-state index in [1.54, 1.807) is 24.2 Å². The van der Waals surface area contributed by atoms with Crippen LogP contribution < -0.4 is 0 Å². The lowest BCUT2D eigenvalue weighted by molar-refractivity contribution is 1.31. The standard InChI is InChI=1S/C13H12N2S/c1-16-13-7-3-2-6-12(13)15-10-11-5-4-8-14-9-11/h2-10H,1H3. The Morgan fingerprint density at radius 3 is 2.81 bits per heavy atom. The van der Waals surface area contributed by atoms with E-state index in [4.69, 9.17) is 0 Å². The van der Waals surface area contributed by atoms with Crippen molar-refractivity contribution >= 4 is 23.7 Å². The van der Waals surface area contributed by atoms with Crippen LogP contribution in [0.4, 0.5) is 5.69 Å². The fraction of sp³-hybridized carbons (Fsp3) is 0.0769. The van der Waals surface area contributed by atoms with Gasteiger partial charge in [-0.25, -0.2) is 0 Å². The highest BCUT2D eigenvalue weighted by atomic mass is 32.2. The molecule has 1 heterocycles. The van der Waals surface area contributed by atoms with Crippen molar-refractivity contribution in [2.45, 2.75) is 4.90 Å². The van der Waals surface area contributed by atoms with Crippen molar-refractivity contribution in [3.8, 4) is 0 Å². The molecule has 2 aromatic rings. The number of thioether (sulfide) groups is 1. The van der Waals surface area contributed by atoms with Crippen LogP contribution in [0.3, 0.4) is 0 Å². The highest BCUT2D eigenvalue weighted by Crippen LogP contribution is 2.26. The van der Waals surface area contributed by atoms with E-state index < -0.39 is 0 Å². The summed E-state index contributed by atoms with van der Waals surface area (Å²) in [4.78, 5) is 9.69. The Hall–Kier alpha value is -1.61. The number of aromatic nitrogens is 1. The van der Waals surface area contributed by atoms with Crippen molar-refractivity contribution in [2.75, 3.05) is 6.26 Å². The number of aliphatic imine (C=N–C) groups is 1. The van der Waals surface area contributed by atoms with Crippen LogP contribution in [0.25, 0.3) is 0 Å². The molecule has 1 aromatic carbocycles. The third kappa shape index (κ3) is 2.70. The average Bonchev–Trinajstić information content (AvgIpc) is 2.38. The van der Waals surface area contributed by atoms with Crippen LogP contribution in [0.2, 0.25) is 0 Å². The Morgan fingerprint density at radius 2 is 2.06 bits per heavy atom. The van der Waals surface area contributed by atoms with Crippen molar-refractivity contribution in [1.29, 1.82) is 0 Å². The minimum atomic E-state index is 0.999. The predicted octanol–water partition coefficient (Wildman–Crippen LogP) is 3.55. The first-order chi connectivity index (χ1) is 7.90. The second-order valence-corrected chi connectivity index (χ2v) is 4.06. The monoisotopic (exact) mass is 228 g/mol. The van der Waals surface area contributed by atoms with Gasteiger partial charge in [-0.1, -0.05) is 18.2 Å². The lowest BCUT2D eigenvalue weighted by Gasteiger charge is -2.00. The van der Waals surface area contributed by atoms with E-state index in [0.29, 0.717) is 0 Å². The molecular formula is C13H12N2S. The Balaban J connectivity index is 2.24. The van der Waals surface area contributed by atoms with E-state index in [1.807, 2.05) is 36.5 Å². The van der Waals surface area contributed by atoms with Crippen molar-refractivity contribution in [1.82, 2.24) is 4.98 Å². The third-order valence-corrected chi connectivity index (χ3v) is 2.91. The Kier molecular flexibility index (Phi) is 3.72. The van der Waals surface area contributed by atoms with Gasteiger partial charge in [0.05, 0.1) is 5.69 Å². The maximum atomic E-state index is 4.46. The second kappa shape index (κ2) is 5.47. The van der Waals surface area contributed by atoms with E-state index in [1.165, 1.54) is 4.90 Å². The van der Waals surface area contributed by atoms with Gasteiger partial charge in [0.15, 0.2) is 0 Å². The lowest BCUT2D eigenvalue weighted by Crippen LogP contribution is -1.81. The molecule has 3 heteroatoms. The fourth-order valence-corrected chi connectivity index (χ4v) is 1.88. The fourth-order valence-electron chi connectivity index (χ4n) is 1.33. The summed E-state index contributed by atoms with van der Waals surface area (Å²) in [5.41, 5.74) is 2.01. The summed E-state index contributed by atoms with van der Waals surface area (Å²) in [6.07, 6.45) is 7.44. The summed E-state index contributed by atoms with van der Waals surface area (Å²) in [6, 6.07) is 12.0. The molecule has 80 valence electrons. The van der Waals surface area contributed by atoms with Gasteiger partial charge in [-0.15, -0.1) is 11.8 Å². The summed E-state index contributed by atoms with van der Waals surface area (Å²) in [5.74, 6) is 0. The molecular weight excluding hydrogens is 216 g/mol. The topological polar surface area (TPSA) is 25.2 Å². The quantitative estimate of drug-likeness (QED) is 0.593. The highest BCUT2D eigenvalue weighted by Gasteiger charge is 1.96.